The minimum atomic E-state index is -1.12. The molecule has 1 saturated carbocycles. The predicted octanol–water partition coefficient (Wildman–Crippen LogP) is 3.16. The highest BCUT2D eigenvalue weighted by molar-refractivity contribution is 5.94. The van der Waals surface area contributed by atoms with E-state index in [4.69, 9.17) is 0 Å². The normalized spacial score (nSPS) is 17.0. The SMILES string of the molecule is CCc1ccc(NC(=O)NC2(C(=O)O)CCCCC2)cc1. The van der Waals surface area contributed by atoms with Crippen LogP contribution < -0.4 is 10.6 Å². The maximum absolute atomic E-state index is 12.1. The van der Waals surface area contributed by atoms with E-state index < -0.39 is 17.5 Å². The molecule has 1 aromatic rings. The number of urea groups is 1. The third kappa shape index (κ3) is 3.74. The first kappa shape index (κ1) is 15.4. The maximum atomic E-state index is 12.1. The van der Waals surface area contributed by atoms with Gasteiger partial charge in [0.1, 0.15) is 5.54 Å². The fourth-order valence-electron chi connectivity index (χ4n) is 2.75. The molecule has 0 aromatic heterocycles. The maximum Gasteiger partial charge on any atom is 0.329 e. The van der Waals surface area contributed by atoms with Crippen molar-refractivity contribution in [1.82, 2.24) is 5.32 Å². The largest absolute Gasteiger partial charge is 0.480 e. The first-order chi connectivity index (χ1) is 10.1. The zero-order chi connectivity index (χ0) is 15.3. The van der Waals surface area contributed by atoms with Crippen LogP contribution in [0.15, 0.2) is 24.3 Å². The average Bonchev–Trinajstić information content (AvgIpc) is 2.48. The van der Waals surface area contributed by atoms with E-state index in [0.29, 0.717) is 18.5 Å². The highest BCUT2D eigenvalue weighted by Gasteiger charge is 2.40. The Morgan fingerprint density at radius 2 is 1.76 bits per heavy atom. The van der Waals surface area contributed by atoms with E-state index >= 15 is 0 Å². The van der Waals surface area contributed by atoms with Crippen LogP contribution in [0.3, 0.4) is 0 Å². The van der Waals surface area contributed by atoms with Gasteiger partial charge >= 0.3 is 12.0 Å². The number of carboxylic acids is 1. The van der Waals surface area contributed by atoms with E-state index in [9.17, 15) is 14.7 Å². The van der Waals surface area contributed by atoms with E-state index in [1.54, 1.807) is 0 Å². The standard InChI is InChI=1S/C16H22N2O3/c1-2-12-6-8-13(9-7-12)17-15(21)18-16(14(19)20)10-4-3-5-11-16/h6-9H,2-5,10-11H2,1H3,(H,19,20)(H2,17,18,21). The Kier molecular flexibility index (Phi) is 4.83. The highest BCUT2D eigenvalue weighted by atomic mass is 16.4. The van der Waals surface area contributed by atoms with Gasteiger partial charge in [-0.1, -0.05) is 38.3 Å². The molecule has 2 rings (SSSR count). The molecule has 0 atom stereocenters. The van der Waals surface area contributed by atoms with Crippen molar-refractivity contribution >= 4 is 17.7 Å². The van der Waals surface area contributed by atoms with Gasteiger partial charge < -0.3 is 15.7 Å². The molecule has 3 N–H and O–H groups in total. The summed E-state index contributed by atoms with van der Waals surface area (Å²) in [4.78, 5) is 23.6. The molecule has 1 aliphatic rings. The van der Waals surface area contributed by atoms with Crippen molar-refractivity contribution < 1.29 is 14.7 Å². The van der Waals surface area contributed by atoms with E-state index in [2.05, 4.69) is 17.6 Å². The summed E-state index contributed by atoms with van der Waals surface area (Å²) in [6, 6.07) is 7.09. The van der Waals surface area contributed by atoms with Crippen LogP contribution in [0, 0.1) is 0 Å². The highest BCUT2D eigenvalue weighted by Crippen LogP contribution is 2.28. The quantitative estimate of drug-likeness (QED) is 0.797. The topological polar surface area (TPSA) is 78.4 Å². The molecule has 0 unspecified atom stereocenters. The molecule has 0 bridgehead atoms. The number of anilines is 1. The van der Waals surface area contributed by atoms with Crippen LogP contribution in [0.5, 0.6) is 0 Å². The molecule has 1 aromatic carbocycles. The molecule has 0 saturated heterocycles. The van der Waals surface area contributed by atoms with Gasteiger partial charge in [0.25, 0.3) is 0 Å². The van der Waals surface area contributed by atoms with Gasteiger partial charge in [0.2, 0.25) is 0 Å². The van der Waals surface area contributed by atoms with Crippen molar-refractivity contribution in [2.75, 3.05) is 5.32 Å². The lowest BCUT2D eigenvalue weighted by Crippen LogP contribution is -2.56. The zero-order valence-electron chi connectivity index (χ0n) is 12.3. The molecule has 0 heterocycles. The molecule has 5 nitrogen and oxygen atoms in total. The average molecular weight is 290 g/mol. The van der Waals surface area contributed by atoms with Crippen LogP contribution in [0.25, 0.3) is 0 Å². The number of carbonyl (C=O) groups excluding carboxylic acids is 1. The molecule has 21 heavy (non-hydrogen) atoms. The summed E-state index contributed by atoms with van der Waals surface area (Å²) in [5.41, 5.74) is 0.738. The molecule has 0 aliphatic heterocycles. The van der Waals surface area contributed by atoms with Gasteiger partial charge in [-0.25, -0.2) is 9.59 Å². The fraction of sp³-hybridized carbons (Fsp3) is 0.500. The van der Waals surface area contributed by atoms with Gasteiger partial charge in [0.15, 0.2) is 0 Å². The summed E-state index contributed by atoms with van der Waals surface area (Å²) < 4.78 is 0. The third-order valence-electron chi connectivity index (χ3n) is 4.09. The number of carbonyl (C=O) groups is 2. The summed E-state index contributed by atoms with van der Waals surface area (Å²) in [5.74, 6) is -0.946. The Morgan fingerprint density at radius 3 is 2.29 bits per heavy atom. The number of rotatable bonds is 4. The summed E-state index contributed by atoms with van der Waals surface area (Å²) in [5, 5.41) is 14.8. The van der Waals surface area contributed by atoms with Crippen molar-refractivity contribution in [1.29, 1.82) is 0 Å². The molecule has 1 fully saturated rings. The number of hydrogen-bond acceptors (Lipinski definition) is 2. The van der Waals surface area contributed by atoms with Crippen molar-refractivity contribution in [2.24, 2.45) is 0 Å². The van der Waals surface area contributed by atoms with Crippen LogP contribution in [0.2, 0.25) is 0 Å². The molecule has 1 aliphatic carbocycles. The Morgan fingerprint density at radius 1 is 1.14 bits per heavy atom. The van der Waals surface area contributed by atoms with E-state index in [1.807, 2.05) is 24.3 Å². The van der Waals surface area contributed by atoms with Gasteiger partial charge in [-0.15, -0.1) is 0 Å². The Hall–Kier alpha value is -2.04. The predicted molar refractivity (Wildman–Crippen MR) is 81.4 cm³/mol. The van der Waals surface area contributed by atoms with Crippen molar-refractivity contribution in [3.05, 3.63) is 29.8 Å². The molecular formula is C16H22N2O3. The van der Waals surface area contributed by atoms with Crippen molar-refractivity contribution in [3.8, 4) is 0 Å². The number of aliphatic carboxylic acids is 1. The second-order valence-electron chi connectivity index (χ2n) is 5.58. The van der Waals surface area contributed by atoms with Gasteiger partial charge in [-0.2, -0.15) is 0 Å². The van der Waals surface area contributed by atoms with Crippen molar-refractivity contribution in [2.45, 2.75) is 51.0 Å². The van der Waals surface area contributed by atoms with Crippen LogP contribution in [0.4, 0.5) is 10.5 Å². The summed E-state index contributed by atoms with van der Waals surface area (Å²) >= 11 is 0. The molecule has 0 radical (unpaired) electrons. The number of amides is 2. The summed E-state index contributed by atoms with van der Waals surface area (Å²) in [7, 11) is 0. The first-order valence-corrected chi connectivity index (χ1v) is 7.47. The molecule has 2 amide bonds. The Balaban J connectivity index is 2.00. The monoisotopic (exact) mass is 290 g/mol. The number of benzene rings is 1. The number of nitrogens with one attached hydrogen (secondary N) is 2. The minimum absolute atomic E-state index is 0.455. The van der Waals surface area contributed by atoms with Gasteiger partial charge in [0, 0.05) is 5.69 Å². The second-order valence-corrected chi connectivity index (χ2v) is 5.58. The lowest BCUT2D eigenvalue weighted by molar-refractivity contribution is -0.145. The van der Waals surface area contributed by atoms with E-state index in [-0.39, 0.29) is 0 Å². The molecular weight excluding hydrogens is 268 g/mol. The van der Waals surface area contributed by atoms with Crippen LogP contribution in [0.1, 0.15) is 44.6 Å². The van der Waals surface area contributed by atoms with E-state index in [1.165, 1.54) is 5.56 Å². The lowest BCUT2D eigenvalue weighted by atomic mass is 9.82. The van der Waals surface area contributed by atoms with Gasteiger partial charge in [-0.3, -0.25) is 0 Å². The summed E-state index contributed by atoms with van der Waals surface area (Å²) in [6.45, 7) is 2.06. The molecule has 0 spiro atoms. The number of hydrogen-bond donors (Lipinski definition) is 3. The minimum Gasteiger partial charge on any atom is -0.480 e. The van der Waals surface area contributed by atoms with Crippen LogP contribution >= 0.6 is 0 Å². The number of aryl methyl sites for hydroxylation is 1. The zero-order valence-corrected chi connectivity index (χ0v) is 12.3. The lowest BCUT2D eigenvalue weighted by Gasteiger charge is -2.33. The molecule has 5 heteroatoms. The molecule has 114 valence electrons. The Labute approximate surface area is 124 Å². The fourth-order valence-corrected chi connectivity index (χ4v) is 2.75. The Bertz CT molecular complexity index is 505. The van der Waals surface area contributed by atoms with E-state index in [0.717, 1.165) is 25.7 Å². The van der Waals surface area contributed by atoms with Gasteiger partial charge in [-0.05, 0) is 37.0 Å². The van der Waals surface area contributed by atoms with Crippen molar-refractivity contribution in [3.63, 3.8) is 0 Å². The van der Waals surface area contributed by atoms with Crippen LogP contribution in [-0.4, -0.2) is 22.6 Å². The van der Waals surface area contributed by atoms with Crippen LogP contribution in [-0.2, 0) is 11.2 Å². The smallest absolute Gasteiger partial charge is 0.329 e. The second kappa shape index (κ2) is 6.61. The van der Waals surface area contributed by atoms with Gasteiger partial charge in [0.05, 0.1) is 0 Å². The first-order valence-electron chi connectivity index (χ1n) is 7.47. The number of carboxylic acid groups (broad SMARTS) is 1. The summed E-state index contributed by atoms with van der Waals surface area (Å²) in [6.07, 6.45) is 4.61. The third-order valence-corrected chi connectivity index (χ3v) is 4.09.